The first-order chi connectivity index (χ1) is 15.1. The summed E-state index contributed by atoms with van der Waals surface area (Å²) in [5.41, 5.74) is 1.00. The molecule has 2 aromatic carbocycles. The molecule has 10 heteroatoms. The summed E-state index contributed by atoms with van der Waals surface area (Å²) in [4.78, 5) is 27.0. The maximum absolute atomic E-state index is 13.3. The lowest BCUT2D eigenvalue weighted by Gasteiger charge is -2.31. The number of hydrogen-bond donors (Lipinski definition) is 1. The van der Waals surface area contributed by atoms with E-state index in [0.717, 1.165) is 16.1 Å². The summed E-state index contributed by atoms with van der Waals surface area (Å²) >= 11 is 5.94. The van der Waals surface area contributed by atoms with Gasteiger partial charge in [0.15, 0.2) is 0 Å². The van der Waals surface area contributed by atoms with Gasteiger partial charge in [0.2, 0.25) is 21.8 Å². The normalized spacial score (nSPS) is 12.0. The maximum Gasteiger partial charge on any atom is 0.244 e. The molecule has 0 saturated heterocycles. The zero-order chi connectivity index (χ0) is 23.9. The largest absolute Gasteiger partial charge is 0.492 e. The maximum atomic E-state index is 13.3. The zero-order valence-electron chi connectivity index (χ0n) is 18.5. The topological polar surface area (TPSA) is 96.0 Å². The Morgan fingerprint density at radius 1 is 1.12 bits per heavy atom. The molecule has 0 fully saturated rings. The number of halogens is 1. The molecule has 1 atom stereocenters. The zero-order valence-corrected chi connectivity index (χ0v) is 20.1. The molecule has 0 aliphatic carbocycles. The van der Waals surface area contributed by atoms with E-state index in [4.69, 9.17) is 16.3 Å². The fourth-order valence-electron chi connectivity index (χ4n) is 3.11. The summed E-state index contributed by atoms with van der Waals surface area (Å²) in [7, 11) is -2.35. The standard InChI is InChI=1S/C22H28ClN3O5S/c1-5-31-20-9-7-6-8-19(20)26(32(4,29)30)15-21(27)25(16(2)22(28)24-3)14-17-10-12-18(23)13-11-17/h6-13,16H,5,14-15H2,1-4H3,(H,24,28). The van der Waals surface area contributed by atoms with Crippen molar-refractivity contribution >= 4 is 39.1 Å². The number of carbonyl (C=O) groups excluding carboxylic acids is 2. The SMILES string of the molecule is CCOc1ccccc1N(CC(=O)N(Cc1ccc(Cl)cc1)C(C)C(=O)NC)S(C)(=O)=O. The average molecular weight is 482 g/mol. The van der Waals surface area contributed by atoms with E-state index in [0.29, 0.717) is 17.4 Å². The van der Waals surface area contributed by atoms with Gasteiger partial charge in [0.05, 0.1) is 18.6 Å². The Bertz CT molecular complexity index is 1040. The van der Waals surface area contributed by atoms with Gasteiger partial charge in [-0.25, -0.2) is 8.42 Å². The highest BCUT2D eigenvalue weighted by atomic mass is 35.5. The molecule has 0 aromatic heterocycles. The number of benzene rings is 2. The van der Waals surface area contributed by atoms with E-state index in [2.05, 4.69) is 5.32 Å². The number of ether oxygens (including phenoxy) is 1. The van der Waals surface area contributed by atoms with E-state index in [-0.39, 0.29) is 18.1 Å². The first-order valence-electron chi connectivity index (χ1n) is 10.0. The van der Waals surface area contributed by atoms with Crippen LogP contribution < -0.4 is 14.4 Å². The minimum atomic E-state index is -3.83. The van der Waals surface area contributed by atoms with Gasteiger partial charge in [0, 0.05) is 18.6 Å². The number of carbonyl (C=O) groups is 2. The van der Waals surface area contributed by atoms with Gasteiger partial charge >= 0.3 is 0 Å². The van der Waals surface area contributed by atoms with E-state index in [9.17, 15) is 18.0 Å². The molecular formula is C22H28ClN3O5S. The van der Waals surface area contributed by atoms with Crippen molar-refractivity contribution in [3.63, 3.8) is 0 Å². The first-order valence-corrected chi connectivity index (χ1v) is 12.3. The minimum Gasteiger partial charge on any atom is -0.492 e. The number of para-hydroxylation sites is 2. The van der Waals surface area contributed by atoms with Crippen molar-refractivity contribution < 1.29 is 22.7 Å². The second-order valence-electron chi connectivity index (χ2n) is 7.11. The predicted octanol–water partition coefficient (Wildman–Crippen LogP) is 2.67. The summed E-state index contributed by atoms with van der Waals surface area (Å²) in [6, 6.07) is 12.6. The lowest BCUT2D eigenvalue weighted by molar-refractivity contribution is -0.139. The average Bonchev–Trinajstić information content (AvgIpc) is 2.76. The molecule has 0 aliphatic heterocycles. The summed E-state index contributed by atoms with van der Waals surface area (Å²) in [6.45, 7) is 3.32. The Morgan fingerprint density at radius 3 is 2.31 bits per heavy atom. The van der Waals surface area contributed by atoms with E-state index < -0.39 is 28.5 Å². The van der Waals surface area contributed by atoms with Crippen molar-refractivity contribution in [1.29, 1.82) is 0 Å². The molecule has 0 saturated carbocycles. The Kier molecular flexibility index (Phi) is 8.91. The molecule has 0 radical (unpaired) electrons. The summed E-state index contributed by atoms with van der Waals surface area (Å²) < 4.78 is 31.8. The van der Waals surface area contributed by atoms with Crippen molar-refractivity contribution in [2.75, 3.05) is 30.8 Å². The fourth-order valence-corrected chi connectivity index (χ4v) is 4.09. The van der Waals surface area contributed by atoms with Gasteiger partial charge in [-0.1, -0.05) is 35.9 Å². The van der Waals surface area contributed by atoms with Crippen LogP contribution in [0.3, 0.4) is 0 Å². The predicted molar refractivity (Wildman–Crippen MR) is 125 cm³/mol. The number of hydrogen-bond acceptors (Lipinski definition) is 5. The third kappa shape index (κ3) is 6.61. The minimum absolute atomic E-state index is 0.106. The third-order valence-corrected chi connectivity index (χ3v) is 6.17. The molecule has 0 heterocycles. The van der Waals surface area contributed by atoms with E-state index >= 15 is 0 Å². The van der Waals surface area contributed by atoms with Gasteiger partial charge in [-0.05, 0) is 43.7 Å². The molecule has 174 valence electrons. The molecule has 0 aliphatic rings. The van der Waals surface area contributed by atoms with Crippen LogP contribution in [-0.4, -0.2) is 57.6 Å². The van der Waals surface area contributed by atoms with Crippen LogP contribution in [0.15, 0.2) is 48.5 Å². The van der Waals surface area contributed by atoms with Crippen LogP contribution in [0.2, 0.25) is 5.02 Å². The second-order valence-corrected chi connectivity index (χ2v) is 9.45. The molecule has 32 heavy (non-hydrogen) atoms. The van der Waals surface area contributed by atoms with E-state index in [1.54, 1.807) is 62.4 Å². The monoisotopic (exact) mass is 481 g/mol. The Hall–Kier alpha value is -2.78. The smallest absolute Gasteiger partial charge is 0.244 e. The van der Waals surface area contributed by atoms with Gasteiger partial charge in [-0.2, -0.15) is 0 Å². The molecule has 2 amide bonds. The number of nitrogens with one attached hydrogen (secondary N) is 1. The van der Waals surface area contributed by atoms with Crippen molar-refractivity contribution in [2.45, 2.75) is 26.4 Å². The van der Waals surface area contributed by atoms with E-state index in [1.165, 1.54) is 11.9 Å². The van der Waals surface area contributed by atoms with Crippen LogP contribution in [0.5, 0.6) is 5.75 Å². The van der Waals surface area contributed by atoms with Crippen molar-refractivity contribution in [1.82, 2.24) is 10.2 Å². The molecule has 8 nitrogen and oxygen atoms in total. The number of likely N-dealkylation sites (N-methyl/N-ethyl adjacent to an activating group) is 1. The molecule has 1 N–H and O–H groups in total. The quantitative estimate of drug-likeness (QED) is 0.562. The molecule has 0 bridgehead atoms. The van der Waals surface area contributed by atoms with Crippen LogP contribution in [-0.2, 0) is 26.2 Å². The lowest BCUT2D eigenvalue weighted by atomic mass is 10.1. The highest BCUT2D eigenvalue weighted by Crippen LogP contribution is 2.30. The number of sulfonamides is 1. The molecule has 1 unspecified atom stereocenters. The Labute approximate surface area is 194 Å². The van der Waals surface area contributed by atoms with E-state index in [1.807, 2.05) is 0 Å². The number of nitrogens with zero attached hydrogens (tertiary/aromatic N) is 2. The molecule has 2 rings (SSSR count). The van der Waals surface area contributed by atoms with Gasteiger partial charge < -0.3 is 15.0 Å². The van der Waals surface area contributed by atoms with Gasteiger partial charge in [0.25, 0.3) is 0 Å². The fraction of sp³-hybridized carbons (Fsp3) is 0.364. The Morgan fingerprint density at radius 2 is 1.75 bits per heavy atom. The number of rotatable bonds is 10. The number of amides is 2. The summed E-state index contributed by atoms with van der Waals surface area (Å²) in [5, 5.41) is 3.07. The van der Waals surface area contributed by atoms with Crippen LogP contribution >= 0.6 is 11.6 Å². The van der Waals surface area contributed by atoms with Crippen LogP contribution in [0.25, 0.3) is 0 Å². The highest BCUT2D eigenvalue weighted by Gasteiger charge is 2.30. The van der Waals surface area contributed by atoms with Crippen LogP contribution in [0.4, 0.5) is 5.69 Å². The Balaban J connectivity index is 2.41. The van der Waals surface area contributed by atoms with Crippen molar-refractivity contribution in [3.8, 4) is 5.75 Å². The first kappa shape index (κ1) is 25.5. The third-order valence-electron chi connectivity index (χ3n) is 4.79. The molecule has 2 aromatic rings. The van der Waals surface area contributed by atoms with Crippen LogP contribution in [0.1, 0.15) is 19.4 Å². The molecular weight excluding hydrogens is 454 g/mol. The highest BCUT2D eigenvalue weighted by molar-refractivity contribution is 7.92. The second kappa shape index (κ2) is 11.2. The van der Waals surface area contributed by atoms with Gasteiger partial charge in [-0.3, -0.25) is 13.9 Å². The summed E-state index contributed by atoms with van der Waals surface area (Å²) in [6.07, 6.45) is 1.02. The summed E-state index contributed by atoms with van der Waals surface area (Å²) in [5.74, 6) is -0.558. The van der Waals surface area contributed by atoms with Gasteiger partial charge in [-0.15, -0.1) is 0 Å². The lowest BCUT2D eigenvalue weighted by Crippen LogP contribution is -2.50. The van der Waals surface area contributed by atoms with Crippen molar-refractivity contribution in [3.05, 3.63) is 59.1 Å². The van der Waals surface area contributed by atoms with Gasteiger partial charge in [0.1, 0.15) is 18.3 Å². The number of anilines is 1. The van der Waals surface area contributed by atoms with Crippen LogP contribution in [0, 0.1) is 0 Å². The molecule has 0 spiro atoms. The van der Waals surface area contributed by atoms with Crippen molar-refractivity contribution in [2.24, 2.45) is 0 Å².